The van der Waals surface area contributed by atoms with E-state index in [1.54, 1.807) is 0 Å². The van der Waals surface area contributed by atoms with Crippen LogP contribution in [0.25, 0.3) is 0 Å². The zero-order valence-corrected chi connectivity index (χ0v) is 13.6. The number of allylic oxidation sites excluding steroid dienone is 3. The molecule has 2 unspecified atom stereocenters. The van der Waals surface area contributed by atoms with Crippen molar-refractivity contribution >= 4 is 5.71 Å². The summed E-state index contributed by atoms with van der Waals surface area (Å²) in [5.41, 5.74) is 3.90. The number of hydrogen-bond acceptors (Lipinski definition) is 3. The van der Waals surface area contributed by atoms with Crippen molar-refractivity contribution in [3.8, 4) is 0 Å². The topological polar surface area (TPSA) is 24.8 Å². The van der Waals surface area contributed by atoms with E-state index < -0.39 is 0 Å². The van der Waals surface area contributed by atoms with Gasteiger partial charge in [0.2, 0.25) is 0 Å². The summed E-state index contributed by atoms with van der Waals surface area (Å²) in [5.74, 6) is 1.13. The van der Waals surface area contributed by atoms with Gasteiger partial charge in [0.25, 0.3) is 0 Å². The Morgan fingerprint density at radius 3 is 2.25 bits per heavy atom. The number of nitrogens with zero attached hydrogens (tertiary/aromatic N) is 2. The zero-order valence-electron chi connectivity index (χ0n) is 13.6. The van der Waals surface area contributed by atoms with Gasteiger partial charge in [-0.3, -0.25) is 0 Å². The Labute approximate surface area is 123 Å². The molecule has 2 bridgehead atoms. The fourth-order valence-corrected chi connectivity index (χ4v) is 2.99. The molecular weight excluding hydrogens is 248 g/mol. The van der Waals surface area contributed by atoms with Crippen molar-refractivity contribution in [1.29, 1.82) is 0 Å². The second-order valence-corrected chi connectivity index (χ2v) is 6.21. The molecule has 2 rings (SSSR count). The van der Waals surface area contributed by atoms with Gasteiger partial charge in [-0.2, -0.15) is 0 Å². The number of fused-ring (bicyclic) bond motifs is 2. The van der Waals surface area contributed by atoms with E-state index in [0.29, 0.717) is 12.1 Å². The van der Waals surface area contributed by atoms with E-state index in [0.717, 1.165) is 31.2 Å². The number of ether oxygens (including phenoxy) is 1. The second kappa shape index (κ2) is 6.57. The molecule has 2 atom stereocenters. The molecule has 0 N–H and O–H groups in total. The molecule has 0 aromatic heterocycles. The molecule has 3 nitrogen and oxygen atoms in total. The summed E-state index contributed by atoms with van der Waals surface area (Å²) in [5, 5.41) is 0. The molecule has 0 aliphatic carbocycles. The molecule has 0 spiro atoms. The van der Waals surface area contributed by atoms with Crippen molar-refractivity contribution in [2.75, 3.05) is 13.2 Å². The van der Waals surface area contributed by atoms with Gasteiger partial charge in [0, 0.05) is 5.71 Å². The van der Waals surface area contributed by atoms with E-state index in [9.17, 15) is 0 Å². The molecule has 2 fully saturated rings. The fraction of sp³-hybridized carbons (Fsp3) is 0.706. The SMILES string of the molecule is CC/C(C)=C(C)/C=C(\N=C(C)C)N1C2CCC1COC2. The molecule has 3 heteroatoms. The molecule has 2 heterocycles. The molecule has 2 aliphatic rings. The van der Waals surface area contributed by atoms with Crippen molar-refractivity contribution in [1.82, 2.24) is 4.90 Å². The number of morpholine rings is 1. The average Bonchev–Trinajstić information content (AvgIpc) is 2.66. The highest BCUT2D eigenvalue weighted by atomic mass is 16.5. The Hall–Kier alpha value is -1.09. The Balaban J connectivity index is 2.34. The molecule has 0 aromatic rings. The minimum absolute atomic E-state index is 0.512. The maximum atomic E-state index is 5.69. The van der Waals surface area contributed by atoms with E-state index in [4.69, 9.17) is 9.73 Å². The molecule has 0 amide bonds. The van der Waals surface area contributed by atoms with Gasteiger partial charge in [0.1, 0.15) is 5.82 Å². The van der Waals surface area contributed by atoms with Crippen molar-refractivity contribution in [2.45, 2.75) is 66.0 Å². The first-order chi connectivity index (χ1) is 9.52. The lowest BCUT2D eigenvalue weighted by Gasteiger charge is -2.36. The van der Waals surface area contributed by atoms with Gasteiger partial charge in [-0.15, -0.1) is 0 Å². The highest BCUT2D eigenvalue weighted by Gasteiger charge is 2.38. The molecule has 112 valence electrons. The highest BCUT2D eigenvalue weighted by molar-refractivity contribution is 5.80. The van der Waals surface area contributed by atoms with Crippen molar-refractivity contribution in [3.05, 3.63) is 23.0 Å². The lowest BCUT2D eigenvalue weighted by atomic mass is 10.1. The Morgan fingerprint density at radius 1 is 1.15 bits per heavy atom. The van der Waals surface area contributed by atoms with Crippen LogP contribution in [0.3, 0.4) is 0 Å². The van der Waals surface area contributed by atoms with Gasteiger partial charge in [-0.05, 0) is 58.6 Å². The van der Waals surface area contributed by atoms with E-state index in [2.05, 4.69) is 45.6 Å². The van der Waals surface area contributed by atoms with Gasteiger partial charge in [-0.1, -0.05) is 12.5 Å². The molecule has 20 heavy (non-hydrogen) atoms. The minimum Gasteiger partial charge on any atom is -0.377 e. The van der Waals surface area contributed by atoms with Gasteiger partial charge < -0.3 is 9.64 Å². The van der Waals surface area contributed by atoms with E-state index in [1.165, 1.54) is 24.0 Å². The first kappa shape index (κ1) is 15.3. The number of aliphatic imine (C=N–C) groups is 1. The molecular formula is C17H28N2O. The van der Waals surface area contributed by atoms with Crippen LogP contribution in [-0.4, -0.2) is 35.9 Å². The third-order valence-electron chi connectivity index (χ3n) is 4.39. The predicted molar refractivity (Wildman–Crippen MR) is 85.0 cm³/mol. The number of hydrogen-bond donors (Lipinski definition) is 0. The zero-order chi connectivity index (χ0) is 14.7. The largest absolute Gasteiger partial charge is 0.377 e. The fourth-order valence-electron chi connectivity index (χ4n) is 2.99. The first-order valence-corrected chi connectivity index (χ1v) is 7.79. The summed E-state index contributed by atoms with van der Waals surface area (Å²) >= 11 is 0. The smallest absolute Gasteiger partial charge is 0.129 e. The minimum atomic E-state index is 0.512. The summed E-state index contributed by atoms with van der Waals surface area (Å²) < 4.78 is 5.69. The van der Waals surface area contributed by atoms with Crippen molar-refractivity contribution < 1.29 is 4.74 Å². The molecule has 2 saturated heterocycles. The van der Waals surface area contributed by atoms with Crippen LogP contribution in [0.4, 0.5) is 0 Å². The van der Waals surface area contributed by atoms with E-state index >= 15 is 0 Å². The van der Waals surface area contributed by atoms with Crippen LogP contribution < -0.4 is 0 Å². The maximum Gasteiger partial charge on any atom is 0.129 e. The third kappa shape index (κ3) is 3.32. The summed E-state index contributed by atoms with van der Waals surface area (Å²) in [7, 11) is 0. The van der Waals surface area contributed by atoms with Gasteiger partial charge >= 0.3 is 0 Å². The third-order valence-corrected chi connectivity index (χ3v) is 4.39. The summed E-state index contributed by atoms with van der Waals surface area (Å²) in [6.07, 6.45) is 5.83. The van der Waals surface area contributed by atoms with Crippen LogP contribution in [0, 0.1) is 0 Å². The van der Waals surface area contributed by atoms with Crippen LogP contribution in [0.15, 0.2) is 28.0 Å². The monoisotopic (exact) mass is 276 g/mol. The summed E-state index contributed by atoms with van der Waals surface area (Å²) in [6.45, 7) is 12.5. The van der Waals surface area contributed by atoms with E-state index in [-0.39, 0.29) is 0 Å². The van der Waals surface area contributed by atoms with Crippen molar-refractivity contribution in [3.63, 3.8) is 0 Å². The Morgan fingerprint density at radius 2 is 1.75 bits per heavy atom. The van der Waals surface area contributed by atoms with Crippen LogP contribution in [0.5, 0.6) is 0 Å². The quantitative estimate of drug-likeness (QED) is 0.574. The lowest BCUT2D eigenvalue weighted by Crippen LogP contribution is -2.44. The van der Waals surface area contributed by atoms with Crippen LogP contribution >= 0.6 is 0 Å². The normalized spacial score (nSPS) is 27.4. The summed E-state index contributed by atoms with van der Waals surface area (Å²) in [4.78, 5) is 7.31. The maximum absolute atomic E-state index is 5.69. The molecule has 0 saturated carbocycles. The highest BCUT2D eigenvalue weighted by Crippen LogP contribution is 2.33. The number of rotatable bonds is 4. The predicted octanol–water partition coefficient (Wildman–Crippen LogP) is 3.92. The molecule has 0 aromatic carbocycles. The molecule has 0 radical (unpaired) electrons. The Kier molecular flexibility index (Phi) is 5.03. The first-order valence-electron chi connectivity index (χ1n) is 7.79. The van der Waals surface area contributed by atoms with Gasteiger partial charge in [-0.25, -0.2) is 4.99 Å². The van der Waals surface area contributed by atoms with Crippen LogP contribution in [0.1, 0.15) is 53.9 Å². The average molecular weight is 276 g/mol. The summed E-state index contributed by atoms with van der Waals surface area (Å²) in [6, 6.07) is 1.02. The van der Waals surface area contributed by atoms with Gasteiger partial charge in [0.05, 0.1) is 25.3 Å². The van der Waals surface area contributed by atoms with Crippen LogP contribution in [-0.2, 0) is 4.74 Å². The van der Waals surface area contributed by atoms with Crippen LogP contribution in [0.2, 0.25) is 0 Å². The van der Waals surface area contributed by atoms with Crippen molar-refractivity contribution in [2.24, 2.45) is 4.99 Å². The Bertz CT molecular complexity index is 428. The molecule has 2 aliphatic heterocycles. The van der Waals surface area contributed by atoms with E-state index in [1.807, 2.05) is 0 Å². The lowest BCUT2D eigenvalue weighted by molar-refractivity contribution is 0.00284. The van der Waals surface area contributed by atoms with Gasteiger partial charge in [0.15, 0.2) is 0 Å². The second-order valence-electron chi connectivity index (χ2n) is 6.21. The standard InChI is InChI=1S/C17H28N2O/c1-6-13(4)14(5)9-17(18-12(2)3)19-15-7-8-16(19)11-20-10-15/h9,15-16H,6-8,10-11H2,1-5H3/b14-13+,17-9+.